The highest BCUT2D eigenvalue weighted by Crippen LogP contribution is 2.18. The van der Waals surface area contributed by atoms with Gasteiger partial charge in [-0.3, -0.25) is 10.9 Å². The second-order valence-corrected chi connectivity index (χ2v) is 5.36. The minimum atomic E-state index is 0.358. The number of nitrogens with zero attached hydrogens (tertiary/aromatic N) is 3. The van der Waals surface area contributed by atoms with Crippen molar-refractivity contribution in [3.05, 3.63) is 42.3 Å². The van der Waals surface area contributed by atoms with Gasteiger partial charge in [0.25, 0.3) is 0 Å². The molecule has 0 spiro atoms. The molecule has 2 aromatic rings. The van der Waals surface area contributed by atoms with E-state index in [9.17, 15) is 0 Å². The maximum absolute atomic E-state index is 5.53. The molecule has 0 atom stereocenters. The minimum absolute atomic E-state index is 0.358. The largest absolute Gasteiger partial charge is 0.444 e. The molecule has 0 aliphatic carbocycles. The Hall–Kier alpha value is -2.85. The maximum Gasteiger partial charge on any atom is 0.226 e. The molecule has 0 amide bonds. The highest BCUT2D eigenvalue weighted by Gasteiger charge is 2.11. The Morgan fingerprint density at radius 3 is 2.00 bits per heavy atom. The molecular formula is C21H35N7OS2. The molecular weight excluding hydrogens is 430 g/mol. The van der Waals surface area contributed by atoms with E-state index in [1.165, 1.54) is 12.5 Å². The second kappa shape index (κ2) is 20.4. The molecule has 0 aliphatic heterocycles. The molecule has 4 N–H and O–H groups in total. The standard InChI is InChI=1S/C15H17N7OS2.3C2H6/c1-16-14(24)21-18-8-11(20-22-15(25)17-2)12-9-23-13(19-12)10-6-4-3-5-7-10;3*1-2/h3-9H,1-2H3,(H2,16,21,24)(H2,17,22,25);3*1-2H3/b18-8-,20-11-;;;. The molecule has 1 aromatic heterocycles. The van der Waals surface area contributed by atoms with Gasteiger partial charge >= 0.3 is 0 Å². The highest BCUT2D eigenvalue weighted by atomic mass is 32.1. The van der Waals surface area contributed by atoms with Gasteiger partial charge < -0.3 is 15.1 Å². The highest BCUT2D eigenvalue weighted by molar-refractivity contribution is 7.80. The number of benzene rings is 1. The molecule has 10 heteroatoms. The normalized spacial score (nSPS) is 9.61. The van der Waals surface area contributed by atoms with E-state index in [0.717, 1.165) is 5.56 Å². The number of hydrazone groups is 2. The Bertz CT molecular complexity index is 790. The molecule has 0 bridgehead atoms. The van der Waals surface area contributed by atoms with Crippen molar-refractivity contribution in [1.29, 1.82) is 0 Å². The van der Waals surface area contributed by atoms with Crippen LogP contribution in [0.15, 0.2) is 51.2 Å². The van der Waals surface area contributed by atoms with Gasteiger partial charge in [0.1, 0.15) is 17.7 Å². The van der Waals surface area contributed by atoms with E-state index < -0.39 is 0 Å². The quantitative estimate of drug-likeness (QED) is 0.295. The molecule has 8 nitrogen and oxygen atoms in total. The van der Waals surface area contributed by atoms with Gasteiger partial charge in [-0.25, -0.2) is 4.98 Å². The Morgan fingerprint density at radius 2 is 1.45 bits per heavy atom. The summed E-state index contributed by atoms with van der Waals surface area (Å²) >= 11 is 9.97. The Labute approximate surface area is 197 Å². The second-order valence-electron chi connectivity index (χ2n) is 4.54. The van der Waals surface area contributed by atoms with Crippen LogP contribution in [0.2, 0.25) is 0 Å². The van der Waals surface area contributed by atoms with Crippen LogP contribution in [0, 0.1) is 0 Å². The van der Waals surface area contributed by atoms with Gasteiger partial charge in [-0.05, 0) is 36.6 Å². The lowest BCUT2D eigenvalue weighted by Crippen LogP contribution is -2.31. The van der Waals surface area contributed by atoms with Crippen LogP contribution < -0.4 is 21.5 Å². The summed E-state index contributed by atoms with van der Waals surface area (Å²) in [5, 5.41) is 14.4. The zero-order valence-electron chi connectivity index (χ0n) is 19.6. The first-order valence-corrected chi connectivity index (χ1v) is 11.0. The van der Waals surface area contributed by atoms with Crippen LogP contribution in [-0.4, -0.2) is 41.2 Å². The Kier molecular flexibility index (Phi) is 20.0. The lowest BCUT2D eigenvalue weighted by molar-refractivity contribution is 0.574. The molecule has 0 saturated carbocycles. The van der Waals surface area contributed by atoms with E-state index >= 15 is 0 Å². The predicted molar refractivity (Wildman–Crippen MR) is 141 cm³/mol. The minimum Gasteiger partial charge on any atom is -0.444 e. The van der Waals surface area contributed by atoms with Gasteiger partial charge in [-0.1, -0.05) is 59.7 Å². The summed E-state index contributed by atoms with van der Waals surface area (Å²) < 4.78 is 5.53. The number of hydrogen-bond acceptors (Lipinski definition) is 6. The molecule has 0 saturated heterocycles. The van der Waals surface area contributed by atoms with E-state index in [2.05, 4.69) is 36.7 Å². The zero-order chi connectivity index (χ0) is 24.1. The fourth-order valence-electron chi connectivity index (χ4n) is 1.63. The molecule has 2 rings (SSSR count). The summed E-state index contributed by atoms with van der Waals surface area (Å²) in [5.74, 6) is 0.478. The Morgan fingerprint density at radius 1 is 0.903 bits per heavy atom. The summed E-state index contributed by atoms with van der Waals surface area (Å²) in [5.41, 5.74) is 7.10. The Balaban J connectivity index is 0. The van der Waals surface area contributed by atoms with Gasteiger partial charge in [-0.15, -0.1) is 0 Å². The summed E-state index contributed by atoms with van der Waals surface area (Å²) in [6, 6.07) is 9.55. The molecule has 0 fully saturated rings. The average Bonchev–Trinajstić information content (AvgIpc) is 3.35. The molecule has 31 heavy (non-hydrogen) atoms. The van der Waals surface area contributed by atoms with E-state index in [4.69, 9.17) is 28.9 Å². The van der Waals surface area contributed by atoms with Crippen molar-refractivity contribution in [1.82, 2.24) is 26.5 Å². The van der Waals surface area contributed by atoms with Crippen molar-refractivity contribution in [3.8, 4) is 11.5 Å². The first kappa shape index (κ1) is 30.3. The van der Waals surface area contributed by atoms with Crippen molar-refractivity contribution < 1.29 is 4.42 Å². The predicted octanol–water partition coefficient (Wildman–Crippen LogP) is 4.30. The summed E-state index contributed by atoms with van der Waals surface area (Å²) in [4.78, 5) is 4.43. The maximum atomic E-state index is 5.53. The fourth-order valence-corrected chi connectivity index (χ4v) is 1.73. The van der Waals surface area contributed by atoms with Crippen LogP contribution in [-0.2, 0) is 0 Å². The number of thiocarbonyl (C=S) groups is 2. The van der Waals surface area contributed by atoms with Crippen molar-refractivity contribution in [2.75, 3.05) is 14.1 Å². The smallest absolute Gasteiger partial charge is 0.226 e. The molecule has 172 valence electrons. The summed E-state index contributed by atoms with van der Waals surface area (Å²) in [7, 11) is 3.38. The first-order chi connectivity index (χ1) is 15.1. The van der Waals surface area contributed by atoms with Gasteiger partial charge in [0.15, 0.2) is 10.2 Å². The third kappa shape index (κ3) is 12.4. The van der Waals surface area contributed by atoms with Crippen LogP contribution in [0.1, 0.15) is 47.2 Å². The van der Waals surface area contributed by atoms with Crippen molar-refractivity contribution >= 4 is 46.6 Å². The molecule has 1 aromatic carbocycles. The lowest BCUT2D eigenvalue weighted by atomic mass is 10.2. The lowest BCUT2D eigenvalue weighted by Gasteiger charge is -2.03. The van der Waals surface area contributed by atoms with Crippen LogP contribution in [0.5, 0.6) is 0 Å². The third-order valence-corrected chi connectivity index (χ3v) is 3.46. The average molecular weight is 466 g/mol. The fraction of sp³-hybridized carbons (Fsp3) is 0.381. The first-order valence-electron chi connectivity index (χ1n) is 10.2. The summed E-state index contributed by atoms with van der Waals surface area (Å²) in [6.45, 7) is 12.0. The van der Waals surface area contributed by atoms with Crippen molar-refractivity contribution in [2.45, 2.75) is 41.5 Å². The van der Waals surface area contributed by atoms with Crippen LogP contribution in [0.4, 0.5) is 0 Å². The summed E-state index contributed by atoms with van der Waals surface area (Å²) in [6.07, 6.45) is 2.95. The number of aromatic nitrogens is 1. The molecule has 0 unspecified atom stereocenters. The van der Waals surface area contributed by atoms with Crippen molar-refractivity contribution in [2.24, 2.45) is 10.2 Å². The van der Waals surface area contributed by atoms with E-state index in [-0.39, 0.29) is 0 Å². The van der Waals surface area contributed by atoms with Gasteiger partial charge in [-0.2, -0.15) is 10.2 Å². The SMILES string of the molecule is CC.CC.CC.CNC(=S)N/N=C\C(=N\NC(=S)NC)c1coc(-c2ccccc2)n1. The molecule has 1 heterocycles. The van der Waals surface area contributed by atoms with Crippen molar-refractivity contribution in [3.63, 3.8) is 0 Å². The number of hydrogen-bond donors (Lipinski definition) is 4. The number of rotatable bonds is 5. The third-order valence-electron chi connectivity index (χ3n) is 2.87. The van der Waals surface area contributed by atoms with Crippen LogP contribution in [0.3, 0.4) is 0 Å². The molecule has 0 radical (unpaired) electrons. The van der Waals surface area contributed by atoms with E-state index in [1.54, 1.807) is 14.1 Å². The van der Waals surface area contributed by atoms with Gasteiger partial charge in [0, 0.05) is 19.7 Å². The molecule has 0 aliphatic rings. The van der Waals surface area contributed by atoms with Gasteiger partial charge in [0.2, 0.25) is 5.89 Å². The van der Waals surface area contributed by atoms with E-state index in [1.807, 2.05) is 71.9 Å². The number of nitrogens with one attached hydrogen (secondary N) is 4. The van der Waals surface area contributed by atoms with Crippen LogP contribution >= 0.6 is 24.4 Å². The van der Waals surface area contributed by atoms with E-state index in [0.29, 0.717) is 27.5 Å². The van der Waals surface area contributed by atoms with Gasteiger partial charge in [0.05, 0.1) is 6.21 Å². The topological polar surface area (TPSA) is 98.9 Å². The monoisotopic (exact) mass is 465 g/mol. The number of oxazole rings is 1. The zero-order valence-corrected chi connectivity index (χ0v) is 21.2. The van der Waals surface area contributed by atoms with Crippen LogP contribution in [0.25, 0.3) is 11.5 Å².